The third-order valence-corrected chi connectivity index (χ3v) is 3.82. The quantitative estimate of drug-likeness (QED) is 0.742. The number of rotatable bonds is 2. The Morgan fingerprint density at radius 2 is 1.88 bits per heavy atom. The second-order valence-corrected chi connectivity index (χ2v) is 7.12. The van der Waals surface area contributed by atoms with Crippen LogP contribution in [0.2, 0.25) is 0 Å². The molecule has 0 amide bonds. The van der Waals surface area contributed by atoms with Crippen molar-refractivity contribution in [2.45, 2.75) is 43.0 Å². The Morgan fingerprint density at radius 1 is 1.19 bits per heavy atom. The van der Waals surface area contributed by atoms with E-state index in [4.69, 9.17) is 4.74 Å². The van der Waals surface area contributed by atoms with E-state index in [1.54, 1.807) is 0 Å². The molecule has 1 aliphatic rings. The number of benzene rings is 1. The van der Waals surface area contributed by atoms with E-state index in [0.717, 1.165) is 13.0 Å². The summed E-state index contributed by atoms with van der Waals surface area (Å²) in [6.07, 6.45) is 2.70. The molecule has 1 nitrogen and oxygen atoms in total. The Labute approximate surface area is 106 Å². The van der Waals surface area contributed by atoms with Gasteiger partial charge in [-0.1, -0.05) is 46.3 Å². The summed E-state index contributed by atoms with van der Waals surface area (Å²) in [5.41, 5.74) is 1.41. The first-order valence-corrected chi connectivity index (χ1v) is 6.72. The van der Waals surface area contributed by atoms with Crippen LogP contribution >= 0.6 is 15.9 Å². The lowest BCUT2D eigenvalue weighted by atomic mass is 9.88. The van der Waals surface area contributed by atoms with Crippen molar-refractivity contribution in [3.63, 3.8) is 0 Å². The van der Waals surface area contributed by atoms with E-state index in [2.05, 4.69) is 60.1 Å². The highest BCUT2D eigenvalue weighted by Crippen LogP contribution is 2.35. The molecule has 1 heterocycles. The summed E-state index contributed by atoms with van der Waals surface area (Å²) in [4.78, 5) is 0. The van der Waals surface area contributed by atoms with Crippen LogP contribution in [0, 0.1) is 0 Å². The third-order valence-electron chi connectivity index (χ3n) is 3.31. The van der Waals surface area contributed by atoms with Crippen LogP contribution in [0.5, 0.6) is 0 Å². The Kier molecular flexibility index (Phi) is 3.70. The molecule has 2 atom stereocenters. The molecule has 16 heavy (non-hydrogen) atoms. The van der Waals surface area contributed by atoms with Gasteiger partial charge in [-0.2, -0.15) is 0 Å². The molecule has 0 saturated carbocycles. The molecular formula is C14H19BrO. The summed E-state index contributed by atoms with van der Waals surface area (Å²) in [5, 5.41) is 0. The largest absolute Gasteiger partial charge is 0.376 e. The number of hydrogen-bond acceptors (Lipinski definition) is 1. The Morgan fingerprint density at radius 3 is 2.38 bits per heavy atom. The average Bonchev–Trinajstić information content (AvgIpc) is 2.29. The second-order valence-electron chi connectivity index (χ2n) is 5.07. The van der Waals surface area contributed by atoms with Gasteiger partial charge in [-0.15, -0.1) is 0 Å². The van der Waals surface area contributed by atoms with Gasteiger partial charge >= 0.3 is 0 Å². The van der Waals surface area contributed by atoms with Crippen molar-refractivity contribution in [2.24, 2.45) is 0 Å². The van der Waals surface area contributed by atoms with E-state index < -0.39 is 0 Å². The van der Waals surface area contributed by atoms with E-state index in [-0.39, 0.29) is 4.32 Å². The first-order valence-electron chi connectivity index (χ1n) is 5.93. The predicted molar refractivity (Wildman–Crippen MR) is 71.2 cm³/mol. The van der Waals surface area contributed by atoms with Crippen molar-refractivity contribution in [3.05, 3.63) is 35.9 Å². The summed E-state index contributed by atoms with van der Waals surface area (Å²) in [5.74, 6) is 0.576. The van der Waals surface area contributed by atoms with Crippen LogP contribution in [-0.4, -0.2) is 17.0 Å². The van der Waals surface area contributed by atoms with Crippen molar-refractivity contribution in [2.75, 3.05) is 6.61 Å². The van der Waals surface area contributed by atoms with Gasteiger partial charge in [0.2, 0.25) is 0 Å². The van der Waals surface area contributed by atoms with Gasteiger partial charge in [-0.3, -0.25) is 0 Å². The topological polar surface area (TPSA) is 9.23 Å². The highest BCUT2D eigenvalue weighted by atomic mass is 79.9. The summed E-state index contributed by atoms with van der Waals surface area (Å²) >= 11 is 3.69. The molecule has 0 radical (unpaired) electrons. The molecular weight excluding hydrogens is 264 g/mol. The first kappa shape index (κ1) is 12.1. The van der Waals surface area contributed by atoms with Crippen LogP contribution < -0.4 is 0 Å². The summed E-state index contributed by atoms with van der Waals surface area (Å²) in [6, 6.07) is 10.7. The molecule has 0 unspecified atom stereocenters. The van der Waals surface area contributed by atoms with Crippen LogP contribution in [-0.2, 0) is 4.74 Å². The standard InChI is InChI=1S/C14H19BrO/c1-14(2,15)13-9-8-12(10-16-13)11-6-4-3-5-7-11/h3-7,12-13H,8-10H2,1-2H3/t12-,13+/m0/s1. The smallest absolute Gasteiger partial charge is 0.0723 e. The monoisotopic (exact) mass is 282 g/mol. The third kappa shape index (κ3) is 2.86. The zero-order valence-corrected chi connectivity index (χ0v) is 11.5. The zero-order chi connectivity index (χ0) is 11.6. The number of ether oxygens (including phenoxy) is 1. The lowest BCUT2D eigenvalue weighted by molar-refractivity contribution is -0.0112. The maximum atomic E-state index is 5.96. The van der Waals surface area contributed by atoms with Gasteiger partial charge in [0, 0.05) is 10.2 Å². The Hall–Kier alpha value is -0.340. The normalized spacial score (nSPS) is 26.7. The van der Waals surface area contributed by atoms with E-state index in [1.807, 2.05) is 0 Å². The SMILES string of the molecule is CC(C)(Br)[C@H]1CC[C@H](c2ccccc2)CO1. The molecule has 1 fully saturated rings. The van der Waals surface area contributed by atoms with Crippen LogP contribution in [0.25, 0.3) is 0 Å². The number of hydrogen-bond donors (Lipinski definition) is 0. The van der Waals surface area contributed by atoms with Crippen molar-refractivity contribution in [1.29, 1.82) is 0 Å². The molecule has 1 saturated heterocycles. The fraction of sp³-hybridized carbons (Fsp3) is 0.571. The second kappa shape index (κ2) is 4.89. The molecule has 0 aromatic heterocycles. The van der Waals surface area contributed by atoms with E-state index in [9.17, 15) is 0 Å². The number of alkyl halides is 1. The first-order chi connectivity index (χ1) is 7.57. The van der Waals surface area contributed by atoms with E-state index in [0.29, 0.717) is 12.0 Å². The molecule has 0 bridgehead atoms. The lowest BCUT2D eigenvalue weighted by Crippen LogP contribution is -2.37. The molecule has 1 aromatic rings. The fourth-order valence-electron chi connectivity index (χ4n) is 2.28. The molecule has 0 aliphatic carbocycles. The van der Waals surface area contributed by atoms with Crippen LogP contribution in [0.1, 0.15) is 38.2 Å². The van der Waals surface area contributed by atoms with Crippen LogP contribution in [0.15, 0.2) is 30.3 Å². The minimum absolute atomic E-state index is 0.0919. The lowest BCUT2D eigenvalue weighted by Gasteiger charge is -2.36. The minimum atomic E-state index is 0.0919. The van der Waals surface area contributed by atoms with E-state index >= 15 is 0 Å². The van der Waals surface area contributed by atoms with Crippen molar-refractivity contribution in [1.82, 2.24) is 0 Å². The van der Waals surface area contributed by atoms with E-state index in [1.165, 1.54) is 12.0 Å². The maximum Gasteiger partial charge on any atom is 0.0723 e. The maximum absolute atomic E-state index is 5.96. The van der Waals surface area contributed by atoms with Gasteiger partial charge in [-0.25, -0.2) is 0 Å². The van der Waals surface area contributed by atoms with Gasteiger partial charge in [0.05, 0.1) is 12.7 Å². The summed E-state index contributed by atoms with van der Waals surface area (Å²) in [6.45, 7) is 5.21. The fourth-order valence-corrected chi connectivity index (χ4v) is 2.64. The van der Waals surface area contributed by atoms with Gasteiger partial charge in [0.15, 0.2) is 0 Å². The Balaban J connectivity index is 1.96. The van der Waals surface area contributed by atoms with Gasteiger partial charge in [0.25, 0.3) is 0 Å². The average molecular weight is 283 g/mol. The minimum Gasteiger partial charge on any atom is -0.376 e. The molecule has 2 heteroatoms. The van der Waals surface area contributed by atoms with Gasteiger partial charge in [0.1, 0.15) is 0 Å². The van der Waals surface area contributed by atoms with Crippen LogP contribution in [0.3, 0.4) is 0 Å². The molecule has 0 N–H and O–H groups in total. The highest BCUT2D eigenvalue weighted by Gasteiger charge is 2.32. The van der Waals surface area contributed by atoms with Crippen LogP contribution in [0.4, 0.5) is 0 Å². The highest BCUT2D eigenvalue weighted by molar-refractivity contribution is 9.10. The number of halogens is 1. The van der Waals surface area contributed by atoms with Crippen molar-refractivity contribution < 1.29 is 4.74 Å². The predicted octanol–water partition coefficient (Wildman–Crippen LogP) is 4.12. The summed E-state index contributed by atoms with van der Waals surface area (Å²) < 4.78 is 6.05. The Bertz CT molecular complexity index is 320. The summed E-state index contributed by atoms with van der Waals surface area (Å²) in [7, 11) is 0. The zero-order valence-electron chi connectivity index (χ0n) is 9.95. The molecule has 0 spiro atoms. The molecule has 1 aromatic carbocycles. The van der Waals surface area contributed by atoms with Gasteiger partial charge in [-0.05, 0) is 32.3 Å². The van der Waals surface area contributed by atoms with Crippen molar-refractivity contribution in [3.8, 4) is 0 Å². The van der Waals surface area contributed by atoms with Gasteiger partial charge < -0.3 is 4.74 Å². The molecule has 2 rings (SSSR count). The van der Waals surface area contributed by atoms with Crippen molar-refractivity contribution >= 4 is 15.9 Å². The molecule has 1 aliphatic heterocycles. The molecule has 88 valence electrons.